The maximum atomic E-state index is 11.8. The van der Waals surface area contributed by atoms with Crippen LogP contribution in [0.3, 0.4) is 0 Å². The zero-order chi connectivity index (χ0) is 12.0. The highest BCUT2D eigenvalue weighted by Gasteiger charge is 2.19. The standard InChI is InChI=1S/C12H22N2OS/c1-9(11(13)16)12(15)14-10-7-5-3-2-4-6-8-10/h9-10H,2-8H2,1H3,(H2,13,16)(H,14,15). The summed E-state index contributed by atoms with van der Waals surface area (Å²) in [4.78, 5) is 12.1. The zero-order valence-electron chi connectivity index (χ0n) is 10.00. The van der Waals surface area contributed by atoms with Gasteiger partial charge in [0.1, 0.15) is 0 Å². The smallest absolute Gasteiger partial charge is 0.229 e. The second-order valence-corrected chi connectivity index (χ2v) is 5.15. The average molecular weight is 242 g/mol. The molecule has 1 aliphatic rings. The van der Waals surface area contributed by atoms with Gasteiger partial charge in [0.15, 0.2) is 0 Å². The van der Waals surface area contributed by atoms with Gasteiger partial charge >= 0.3 is 0 Å². The summed E-state index contributed by atoms with van der Waals surface area (Å²) in [6.45, 7) is 1.76. The van der Waals surface area contributed by atoms with Crippen LogP contribution in [-0.2, 0) is 4.79 Å². The van der Waals surface area contributed by atoms with Crippen molar-refractivity contribution < 1.29 is 4.79 Å². The van der Waals surface area contributed by atoms with Gasteiger partial charge in [-0.1, -0.05) is 44.3 Å². The topological polar surface area (TPSA) is 55.1 Å². The Morgan fingerprint density at radius 1 is 1.25 bits per heavy atom. The highest BCUT2D eigenvalue weighted by molar-refractivity contribution is 7.80. The van der Waals surface area contributed by atoms with E-state index in [2.05, 4.69) is 5.32 Å². The lowest BCUT2D eigenvalue weighted by atomic mass is 9.96. The summed E-state index contributed by atoms with van der Waals surface area (Å²) in [7, 11) is 0. The van der Waals surface area contributed by atoms with Gasteiger partial charge in [-0.15, -0.1) is 0 Å². The van der Waals surface area contributed by atoms with Crippen LogP contribution in [0.5, 0.6) is 0 Å². The molecule has 1 rings (SSSR count). The van der Waals surface area contributed by atoms with Crippen LogP contribution in [0.4, 0.5) is 0 Å². The van der Waals surface area contributed by atoms with E-state index in [9.17, 15) is 4.79 Å². The van der Waals surface area contributed by atoms with E-state index in [1.54, 1.807) is 6.92 Å². The zero-order valence-corrected chi connectivity index (χ0v) is 10.8. The molecule has 0 aromatic heterocycles. The number of hydrogen-bond donors (Lipinski definition) is 2. The highest BCUT2D eigenvalue weighted by Crippen LogP contribution is 2.17. The number of amides is 1. The summed E-state index contributed by atoms with van der Waals surface area (Å²) in [5.41, 5.74) is 5.47. The number of thiocarbonyl (C=S) groups is 1. The third-order valence-electron chi connectivity index (χ3n) is 3.27. The maximum Gasteiger partial charge on any atom is 0.229 e. The fraction of sp³-hybridized carbons (Fsp3) is 0.833. The second kappa shape index (κ2) is 6.84. The van der Waals surface area contributed by atoms with Crippen LogP contribution in [0, 0.1) is 5.92 Å². The third-order valence-corrected chi connectivity index (χ3v) is 3.63. The van der Waals surface area contributed by atoms with E-state index in [0.29, 0.717) is 6.04 Å². The number of hydrogen-bond acceptors (Lipinski definition) is 2. The molecule has 1 atom stereocenters. The van der Waals surface area contributed by atoms with Crippen LogP contribution >= 0.6 is 12.2 Å². The van der Waals surface area contributed by atoms with Crippen molar-refractivity contribution in [1.29, 1.82) is 0 Å². The van der Waals surface area contributed by atoms with Gasteiger partial charge in [0.2, 0.25) is 5.91 Å². The Morgan fingerprint density at radius 2 is 1.75 bits per heavy atom. The van der Waals surface area contributed by atoms with Gasteiger partial charge in [-0.25, -0.2) is 0 Å². The van der Waals surface area contributed by atoms with Crippen molar-refractivity contribution >= 4 is 23.1 Å². The largest absolute Gasteiger partial charge is 0.393 e. The Kier molecular flexibility index (Phi) is 5.74. The lowest BCUT2D eigenvalue weighted by Gasteiger charge is -2.22. The average Bonchev–Trinajstić information content (AvgIpc) is 2.20. The summed E-state index contributed by atoms with van der Waals surface area (Å²) < 4.78 is 0. The number of carbonyl (C=O) groups excluding carboxylic acids is 1. The molecule has 1 saturated carbocycles. The molecule has 0 aromatic rings. The van der Waals surface area contributed by atoms with E-state index in [1.807, 2.05) is 0 Å². The van der Waals surface area contributed by atoms with Crippen molar-refractivity contribution in [3.63, 3.8) is 0 Å². The van der Waals surface area contributed by atoms with Gasteiger partial charge in [-0.3, -0.25) is 4.79 Å². The summed E-state index contributed by atoms with van der Waals surface area (Å²) >= 11 is 4.83. The van der Waals surface area contributed by atoms with Gasteiger partial charge in [0.25, 0.3) is 0 Å². The predicted molar refractivity (Wildman–Crippen MR) is 70.2 cm³/mol. The Balaban J connectivity index is 2.38. The summed E-state index contributed by atoms with van der Waals surface area (Å²) in [5, 5.41) is 3.06. The molecule has 1 unspecified atom stereocenters. The van der Waals surface area contributed by atoms with E-state index in [1.165, 1.54) is 32.1 Å². The van der Waals surface area contributed by atoms with Crippen LogP contribution in [0.1, 0.15) is 51.9 Å². The number of nitrogens with one attached hydrogen (secondary N) is 1. The van der Waals surface area contributed by atoms with Crippen LogP contribution < -0.4 is 11.1 Å². The molecule has 0 aliphatic heterocycles. The quantitative estimate of drug-likeness (QED) is 0.746. The van der Waals surface area contributed by atoms with Crippen molar-refractivity contribution in [2.45, 2.75) is 57.9 Å². The van der Waals surface area contributed by atoms with Crippen LogP contribution in [0.2, 0.25) is 0 Å². The molecular weight excluding hydrogens is 220 g/mol. The number of nitrogens with two attached hydrogens (primary N) is 1. The van der Waals surface area contributed by atoms with Crippen LogP contribution in [0.15, 0.2) is 0 Å². The molecule has 4 heteroatoms. The molecule has 92 valence electrons. The molecule has 3 nitrogen and oxygen atoms in total. The molecule has 1 amide bonds. The fourth-order valence-electron chi connectivity index (χ4n) is 2.06. The molecule has 3 N–H and O–H groups in total. The van der Waals surface area contributed by atoms with Gasteiger partial charge in [-0.2, -0.15) is 0 Å². The summed E-state index contributed by atoms with van der Waals surface area (Å²) in [6.07, 6.45) is 8.53. The van der Waals surface area contributed by atoms with Crippen molar-refractivity contribution in [2.75, 3.05) is 0 Å². The molecule has 0 bridgehead atoms. The van der Waals surface area contributed by atoms with Gasteiger partial charge in [-0.05, 0) is 19.8 Å². The predicted octanol–water partition coefficient (Wildman–Crippen LogP) is 2.14. The first kappa shape index (κ1) is 13.4. The van der Waals surface area contributed by atoms with Crippen molar-refractivity contribution in [1.82, 2.24) is 5.32 Å². The lowest BCUT2D eigenvalue weighted by Crippen LogP contribution is -2.42. The second-order valence-electron chi connectivity index (χ2n) is 4.67. The van der Waals surface area contributed by atoms with Gasteiger partial charge in [0.05, 0.1) is 10.9 Å². The number of rotatable bonds is 3. The van der Waals surface area contributed by atoms with Gasteiger partial charge < -0.3 is 11.1 Å². The molecule has 0 aromatic carbocycles. The number of carbonyl (C=O) groups is 1. The molecular formula is C12H22N2OS. The molecule has 0 spiro atoms. The van der Waals surface area contributed by atoms with E-state index in [0.717, 1.165) is 12.8 Å². The van der Waals surface area contributed by atoms with E-state index < -0.39 is 0 Å². The normalized spacial score (nSPS) is 20.6. The first-order chi connectivity index (χ1) is 7.61. The van der Waals surface area contributed by atoms with Gasteiger partial charge in [0, 0.05) is 6.04 Å². The molecule has 16 heavy (non-hydrogen) atoms. The SMILES string of the molecule is CC(C(=O)NC1CCCCCCC1)C(N)=S. The van der Waals surface area contributed by atoms with E-state index in [4.69, 9.17) is 18.0 Å². The minimum atomic E-state index is -0.347. The van der Waals surface area contributed by atoms with E-state index in [-0.39, 0.29) is 16.8 Å². The highest BCUT2D eigenvalue weighted by atomic mass is 32.1. The molecule has 1 fully saturated rings. The monoisotopic (exact) mass is 242 g/mol. The van der Waals surface area contributed by atoms with Crippen molar-refractivity contribution in [3.05, 3.63) is 0 Å². The first-order valence-electron chi connectivity index (χ1n) is 6.21. The minimum Gasteiger partial charge on any atom is -0.393 e. The Hall–Kier alpha value is -0.640. The Labute approximate surface area is 103 Å². The van der Waals surface area contributed by atoms with Crippen molar-refractivity contribution in [3.8, 4) is 0 Å². The Bertz CT molecular complexity index is 247. The third kappa shape index (κ3) is 4.47. The lowest BCUT2D eigenvalue weighted by molar-refractivity contribution is -0.123. The van der Waals surface area contributed by atoms with E-state index >= 15 is 0 Å². The summed E-state index contributed by atoms with van der Waals surface area (Å²) in [6, 6.07) is 0.324. The van der Waals surface area contributed by atoms with Crippen LogP contribution in [0.25, 0.3) is 0 Å². The van der Waals surface area contributed by atoms with Crippen molar-refractivity contribution in [2.24, 2.45) is 11.7 Å². The minimum absolute atomic E-state index is 0.0157. The maximum absolute atomic E-state index is 11.8. The molecule has 0 heterocycles. The fourth-order valence-corrected chi connectivity index (χ4v) is 2.16. The molecule has 0 radical (unpaired) electrons. The Morgan fingerprint density at radius 3 is 2.25 bits per heavy atom. The first-order valence-corrected chi connectivity index (χ1v) is 6.62. The van der Waals surface area contributed by atoms with Crippen LogP contribution in [-0.4, -0.2) is 16.9 Å². The summed E-state index contributed by atoms with van der Waals surface area (Å²) in [5.74, 6) is -0.362. The molecule has 1 aliphatic carbocycles. The molecule has 0 saturated heterocycles.